The van der Waals surface area contributed by atoms with Gasteiger partial charge in [-0.25, -0.2) is 0 Å². The fourth-order valence-corrected chi connectivity index (χ4v) is 1.85. The predicted molar refractivity (Wildman–Crippen MR) is 62.8 cm³/mol. The molecule has 0 aromatic carbocycles. The number of aromatic nitrogens is 1. The van der Waals surface area contributed by atoms with Gasteiger partial charge in [0.1, 0.15) is 5.76 Å². The van der Waals surface area contributed by atoms with Crippen LogP contribution in [0.2, 0.25) is 0 Å². The molecule has 0 spiro atoms. The summed E-state index contributed by atoms with van der Waals surface area (Å²) in [5.41, 5.74) is 0.525. The van der Waals surface area contributed by atoms with E-state index in [0.717, 1.165) is 12.2 Å². The van der Waals surface area contributed by atoms with Crippen LogP contribution in [0.25, 0.3) is 0 Å². The third-order valence-corrected chi connectivity index (χ3v) is 2.66. The molecule has 1 rings (SSSR count). The third kappa shape index (κ3) is 3.69. The Labute approximate surface area is 93.0 Å². The zero-order chi connectivity index (χ0) is 11.7. The van der Waals surface area contributed by atoms with Crippen molar-refractivity contribution in [2.75, 3.05) is 0 Å². The SMILES string of the molecule is CC(C)(C)CC(c1ccno1)C(C)(C)C. The minimum absolute atomic E-state index is 0.215. The van der Waals surface area contributed by atoms with Crippen molar-refractivity contribution in [1.82, 2.24) is 5.16 Å². The fourth-order valence-electron chi connectivity index (χ4n) is 1.85. The highest BCUT2D eigenvalue weighted by atomic mass is 16.5. The normalized spacial score (nSPS) is 15.3. The van der Waals surface area contributed by atoms with E-state index in [0.29, 0.717) is 11.3 Å². The summed E-state index contributed by atoms with van der Waals surface area (Å²) in [6, 6.07) is 1.99. The molecule has 1 atom stereocenters. The molecule has 0 aliphatic rings. The van der Waals surface area contributed by atoms with Gasteiger partial charge in [-0.05, 0) is 17.3 Å². The highest BCUT2D eigenvalue weighted by molar-refractivity contribution is 5.07. The van der Waals surface area contributed by atoms with Gasteiger partial charge < -0.3 is 4.52 Å². The Bertz CT molecular complexity index is 287. The van der Waals surface area contributed by atoms with Gasteiger partial charge in [-0.2, -0.15) is 0 Å². The summed E-state index contributed by atoms with van der Waals surface area (Å²) in [6.07, 6.45) is 2.85. The topological polar surface area (TPSA) is 26.0 Å². The van der Waals surface area contributed by atoms with Crippen LogP contribution in [0.3, 0.4) is 0 Å². The summed E-state index contributed by atoms with van der Waals surface area (Å²) in [5, 5.41) is 3.81. The Kier molecular flexibility index (Phi) is 3.27. The minimum Gasteiger partial charge on any atom is -0.361 e. The average Bonchev–Trinajstić information content (AvgIpc) is 2.47. The van der Waals surface area contributed by atoms with Gasteiger partial charge in [0.2, 0.25) is 0 Å². The number of hydrogen-bond acceptors (Lipinski definition) is 2. The molecule has 1 aromatic heterocycles. The van der Waals surface area contributed by atoms with E-state index in [-0.39, 0.29) is 5.41 Å². The van der Waals surface area contributed by atoms with Crippen LogP contribution in [0.4, 0.5) is 0 Å². The van der Waals surface area contributed by atoms with Gasteiger partial charge in [-0.3, -0.25) is 0 Å². The van der Waals surface area contributed by atoms with E-state index in [1.54, 1.807) is 6.20 Å². The van der Waals surface area contributed by atoms with Crippen molar-refractivity contribution in [2.24, 2.45) is 10.8 Å². The van der Waals surface area contributed by atoms with Crippen LogP contribution in [-0.4, -0.2) is 5.16 Å². The summed E-state index contributed by atoms with van der Waals surface area (Å²) >= 11 is 0. The number of hydrogen-bond donors (Lipinski definition) is 0. The molecule has 1 unspecified atom stereocenters. The molecule has 0 radical (unpaired) electrons. The second-order valence-electron chi connectivity index (χ2n) is 6.60. The Balaban J connectivity index is 2.90. The van der Waals surface area contributed by atoms with Crippen LogP contribution in [0, 0.1) is 10.8 Å². The van der Waals surface area contributed by atoms with Crippen molar-refractivity contribution in [1.29, 1.82) is 0 Å². The summed E-state index contributed by atoms with van der Waals surface area (Å²) in [4.78, 5) is 0. The summed E-state index contributed by atoms with van der Waals surface area (Å²) in [5.74, 6) is 1.44. The van der Waals surface area contributed by atoms with E-state index in [1.807, 2.05) is 6.07 Å². The third-order valence-electron chi connectivity index (χ3n) is 2.66. The molecule has 0 amide bonds. The van der Waals surface area contributed by atoms with Crippen molar-refractivity contribution >= 4 is 0 Å². The lowest BCUT2D eigenvalue weighted by Gasteiger charge is -2.33. The van der Waals surface area contributed by atoms with Crippen molar-refractivity contribution in [2.45, 2.75) is 53.9 Å². The first-order valence-electron chi connectivity index (χ1n) is 5.61. The maximum absolute atomic E-state index is 5.32. The quantitative estimate of drug-likeness (QED) is 0.728. The lowest BCUT2D eigenvalue weighted by Crippen LogP contribution is -2.23. The molecule has 1 heterocycles. The van der Waals surface area contributed by atoms with Crippen LogP contribution in [0.5, 0.6) is 0 Å². The van der Waals surface area contributed by atoms with Crippen LogP contribution in [0.15, 0.2) is 16.8 Å². The van der Waals surface area contributed by atoms with Gasteiger partial charge >= 0.3 is 0 Å². The zero-order valence-corrected chi connectivity index (χ0v) is 10.8. The second-order valence-corrected chi connectivity index (χ2v) is 6.60. The molecular formula is C13H23NO. The first kappa shape index (κ1) is 12.3. The van der Waals surface area contributed by atoms with Crippen LogP contribution in [-0.2, 0) is 0 Å². The monoisotopic (exact) mass is 209 g/mol. The summed E-state index contributed by atoms with van der Waals surface area (Å²) < 4.78 is 5.32. The molecule has 0 saturated carbocycles. The Morgan fingerprint density at radius 2 is 1.80 bits per heavy atom. The van der Waals surface area contributed by atoms with Gasteiger partial charge in [-0.1, -0.05) is 46.7 Å². The molecule has 0 N–H and O–H groups in total. The predicted octanol–water partition coefficient (Wildman–Crippen LogP) is 4.24. The van der Waals surface area contributed by atoms with Gasteiger partial charge in [-0.15, -0.1) is 0 Å². The van der Waals surface area contributed by atoms with Gasteiger partial charge in [0, 0.05) is 12.0 Å². The lowest BCUT2D eigenvalue weighted by molar-refractivity contribution is 0.193. The lowest BCUT2D eigenvalue weighted by atomic mass is 9.71. The van der Waals surface area contributed by atoms with E-state index < -0.39 is 0 Å². The highest BCUT2D eigenvalue weighted by Crippen LogP contribution is 2.42. The van der Waals surface area contributed by atoms with Crippen molar-refractivity contribution in [3.8, 4) is 0 Å². The van der Waals surface area contributed by atoms with Crippen molar-refractivity contribution in [3.63, 3.8) is 0 Å². The molecule has 1 aromatic rings. The van der Waals surface area contributed by atoms with E-state index in [1.165, 1.54) is 0 Å². The minimum atomic E-state index is 0.215. The van der Waals surface area contributed by atoms with Crippen molar-refractivity contribution < 1.29 is 4.52 Å². The Hall–Kier alpha value is -0.790. The first-order chi connectivity index (χ1) is 6.70. The summed E-state index contributed by atoms with van der Waals surface area (Å²) in [6.45, 7) is 13.6. The number of nitrogens with zero attached hydrogens (tertiary/aromatic N) is 1. The van der Waals surface area contributed by atoms with E-state index in [4.69, 9.17) is 4.52 Å². The average molecular weight is 209 g/mol. The van der Waals surface area contributed by atoms with Gasteiger partial charge in [0.05, 0.1) is 6.20 Å². The molecular weight excluding hydrogens is 186 g/mol. The standard InChI is InChI=1S/C13H23NO/c1-12(2,3)9-10(13(4,5)6)11-7-8-14-15-11/h7-8,10H,9H2,1-6H3. The van der Waals surface area contributed by atoms with Crippen LogP contribution in [0.1, 0.15) is 59.6 Å². The molecule has 0 aliphatic heterocycles. The smallest absolute Gasteiger partial charge is 0.140 e. The first-order valence-corrected chi connectivity index (χ1v) is 5.61. The molecule has 2 nitrogen and oxygen atoms in total. The van der Waals surface area contributed by atoms with E-state index in [9.17, 15) is 0 Å². The number of rotatable bonds is 2. The van der Waals surface area contributed by atoms with Crippen LogP contribution >= 0.6 is 0 Å². The molecule has 2 heteroatoms. The Morgan fingerprint density at radius 3 is 2.13 bits per heavy atom. The molecule has 0 bridgehead atoms. The zero-order valence-electron chi connectivity index (χ0n) is 10.8. The maximum atomic E-state index is 5.32. The molecule has 15 heavy (non-hydrogen) atoms. The molecule has 0 saturated heterocycles. The van der Waals surface area contributed by atoms with Gasteiger partial charge in [0.15, 0.2) is 0 Å². The fraction of sp³-hybridized carbons (Fsp3) is 0.769. The second kappa shape index (κ2) is 3.99. The van der Waals surface area contributed by atoms with E-state index in [2.05, 4.69) is 46.7 Å². The summed E-state index contributed by atoms with van der Waals surface area (Å²) in [7, 11) is 0. The molecule has 0 aliphatic carbocycles. The largest absolute Gasteiger partial charge is 0.361 e. The van der Waals surface area contributed by atoms with E-state index >= 15 is 0 Å². The van der Waals surface area contributed by atoms with Gasteiger partial charge in [0.25, 0.3) is 0 Å². The molecule has 0 fully saturated rings. The Morgan fingerprint density at radius 1 is 1.20 bits per heavy atom. The van der Waals surface area contributed by atoms with Crippen molar-refractivity contribution in [3.05, 3.63) is 18.0 Å². The maximum Gasteiger partial charge on any atom is 0.140 e. The highest BCUT2D eigenvalue weighted by Gasteiger charge is 2.32. The van der Waals surface area contributed by atoms with Crippen LogP contribution < -0.4 is 0 Å². The molecule has 86 valence electrons.